The molecule has 1 fully saturated rings. The summed E-state index contributed by atoms with van der Waals surface area (Å²) in [5.74, 6) is 0.466. The van der Waals surface area contributed by atoms with E-state index in [-0.39, 0.29) is 18.0 Å². The lowest BCUT2D eigenvalue weighted by molar-refractivity contribution is -0.121. The summed E-state index contributed by atoms with van der Waals surface area (Å²) in [7, 11) is 0. The van der Waals surface area contributed by atoms with Crippen molar-refractivity contribution in [3.63, 3.8) is 0 Å². The highest BCUT2D eigenvalue weighted by molar-refractivity contribution is 5.81. The third kappa shape index (κ3) is 3.60. The van der Waals surface area contributed by atoms with Gasteiger partial charge in [-0.1, -0.05) is 31.4 Å². The number of nitrogens with zero attached hydrogens (tertiary/aromatic N) is 2. The minimum Gasteiger partial charge on any atom is -0.354 e. The molecule has 122 valence electrons. The molecular formula is C18H23N3O2. The minimum atomic E-state index is -0.161. The van der Waals surface area contributed by atoms with Crippen molar-refractivity contribution in [2.24, 2.45) is 5.92 Å². The van der Waals surface area contributed by atoms with Gasteiger partial charge in [0.25, 0.3) is 5.56 Å². The molecule has 5 heteroatoms. The second-order valence-electron chi connectivity index (χ2n) is 6.46. The van der Waals surface area contributed by atoms with Crippen LogP contribution in [0.4, 0.5) is 0 Å². The van der Waals surface area contributed by atoms with Crippen molar-refractivity contribution in [3.05, 3.63) is 40.4 Å². The minimum absolute atomic E-state index is 0.0302. The monoisotopic (exact) mass is 313 g/mol. The van der Waals surface area contributed by atoms with E-state index in [1.54, 1.807) is 6.07 Å². The number of fused-ring (bicyclic) bond motifs is 1. The van der Waals surface area contributed by atoms with Gasteiger partial charge >= 0.3 is 0 Å². The van der Waals surface area contributed by atoms with Crippen LogP contribution in [0.1, 0.15) is 37.7 Å². The van der Waals surface area contributed by atoms with Gasteiger partial charge in [-0.25, -0.2) is 4.98 Å². The molecule has 1 aliphatic rings. The van der Waals surface area contributed by atoms with Gasteiger partial charge in [-0.15, -0.1) is 0 Å². The Kier molecular flexibility index (Phi) is 4.74. The van der Waals surface area contributed by atoms with Gasteiger partial charge in [0.05, 0.1) is 17.2 Å². The van der Waals surface area contributed by atoms with Crippen LogP contribution in [0.2, 0.25) is 0 Å². The van der Waals surface area contributed by atoms with Gasteiger partial charge in [-0.05, 0) is 37.3 Å². The Labute approximate surface area is 135 Å². The zero-order valence-electron chi connectivity index (χ0n) is 13.5. The number of hydrogen-bond acceptors (Lipinski definition) is 3. The average Bonchev–Trinajstić information content (AvgIpc) is 2.57. The summed E-state index contributed by atoms with van der Waals surface area (Å²) in [6.45, 7) is 2.67. The van der Waals surface area contributed by atoms with E-state index in [2.05, 4.69) is 10.3 Å². The molecule has 0 saturated heterocycles. The summed E-state index contributed by atoms with van der Waals surface area (Å²) >= 11 is 0. The van der Waals surface area contributed by atoms with Gasteiger partial charge < -0.3 is 5.32 Å². The molecule has 23 heavy (non-hydrogen) atoms. The Bertz CT molecular complexity index is 760. The number of benzene rings is 1. The molecule has 0 unspecified atom stereocenters. The average molecular weight is 313 g/mol. The van der Waals surface area contributed by atoms with Crippen molar-refractivity contribution in [1.29, 1.82) is 0 Å². The fraction of sp³-hybridized carbons (Fsp3) is 0.500. The maximum Gasteiger partial charge on any atom is 0.261 e. The fourth-order valence-corrected chi connectivity index (χ4v) is 3.31. The highest BCUT2D eigenvalue weighted by Gasteiger charge is 2.15. The van der Waals surface area contributed by atoms with Crippen molar-refractivity contribution in [2.75, 3.05) is 6.54 Å². The SMILES string of the molecule is Cc1cccc2c(=O)n(CC(=O)NCC3CCCCC3)cnc12. The first-order valence-electron chi connectivity index (χ1n) is 8.36. The molecule has 2 aromatic rings. The summed E-state index contributed by atoms with van der Waals surface area (Å²) in [6, 6.07) is 5.53. The first kappa shape index (κ1) is 15.7. The smallest absolute Gasteiger partial charge is 0.261 e. The number of hydrogen-bond donors (Lipinski definition) is 1. The zero-order chi connectivity index (χ0) is 16.2. The molecule has 0 spiro atoms. The van der Waals surface area contributed by atoms with E-state index in [0.717, 1.165) is 5.56 Å². The Morgan fingerprint density at radius 1 is 1.30 bits per heavy atom. The molecular weight excluding hydrogens is 290 g/mol. The maximum absolute atomic E-state index is 12.5. The van der Waals surface area contributed by atoms with Gasteiger partial charge in [0, 0.05) is 6.54 Å². The van der Waals surface area contributed by atoms with E-state index >= 15 is 0 Å². The van der Waals surface area contributed by atoms with Crippen LogP contribution in [0.25, 0.3) is 10.9 Å². The first-order valence-corrected chi connectivity index (χ1v) is 8.36. The number of amides is 1. The van der Waals surface area contributed by atoms with E-state index in [4.69, 9.17) is 0 Å². The lowest BCUT2D eigenvalue weighted by atomic mass is 9.89. The van der Waals surface area contributed by atoms with Crippen LogP contribution >= 0.6 is 0 Å². The molecule has 0 atom stereocenters. The molecule has 0 aliphatic heterocycles. The molecule has 1 saturated carbocycles. The molecule has 0 radical (unpaired) electrons. The molecule has 5 nitrogen and oxygen atoms in total. The van der Waals surface area contributed by atoms with Gasteiger partial charge in [0.15, 0.2) is 0 Å². The highest BCUT2D eigenvalue weighted by atomic mass is 16.2. The van der Waals surface area contributed by atoms with Crippen molar-refractivity contribution in [1.82, 2.24) is 14.9 Å². The summed E-state index contributed by atoms with van der Waals surface area (Å²) < 4.78 is 1.39. The van der Waals surface area contributed by atoms with E-state index in [0.29, 0.717) is 23.4 Å². The summed E-state index contributed by atoms with van der Waals surface area (Å²) in [5.41, 5.74) is 1.51. The fourth-order valence-electron chi connectivity index (χ4n) is 3.31. The molecule has 1 aliphatic carbocycles. The van der Waals surface area contributed by atoms with Crippen LogP contribution in [0, 0.1) is 12.8 Å². The summed E-state index contributed by atoms with van der Waals surface area (Å²) in [6.07, 6.45) is 7.68. The number of nitrogens with one attached hydrogen (secondary N) is 1. The van der Waals surface area contributed by atoms with Crippen LogP contribution in [0.15, 0.2) is 29.3 Å². The third-order valence-corrected chi connectivity index (χ3v) is 4.68. The van der Waals surface area contributed by atoms with Crippen molar-refractivity contribution >= 4 is 16.8 Å². The number of para-hydroxylation sites is 1. The zero-order valence-corrected chi connectivity index (χ0v) is 13.5. The normalized spacial score (nSPS) is 15.7. The Morgan fingerprint density at radius 3 is 2.87 bits per heavy atom. The number of aryl methyl sites for hydroxylation is 1. The molecule has 1 aromatic heterocycles. The summed E-state index contributed by atoms with van der Waals surface area (Å²) in [5, 5.41) is 3.52. The Hall–Kier alpha value is -2.17. The van der Waals surface area contributed by atoms with Gasteiger partial charge in [-0.2, -0.15) is 0 Å². The molecule has 1 aromatic carbocycles. The molecule has 0 bridgehead atoms. The molecule has 1 heterocycles. The summed E-state index contributed by atoms with van der Waals surface area (Å²) in [4.78, 5) is 28.9. The van der Waals surface area contributed by atoms with Crippen LogP contribution in [0.3, 0.4) is 0 Å². The Morgan fingerprint density at radius 2 is 2.09 bits per heavy atom. The Balaban J connectivity index is 1.67. The lowest BCUT2D eigenvalue weighted by Crippen LogP contribution is -2.35. The lowest BCUT2D eigenvalue weighted by Gasteiger charge is -2.21. The maximum atomic E-state index is 12.5. The molecule has 1 N–H and O–H groups in total. The van der Waals surface area contributed by atoms with E-state index in [1.807, 2.05) is 19.1 Å². The molecule has 1 amide bonds. The predicted octanol–water partition coefficient (Wildman–Crippen LogP) is 2.40. The van der Waals surface area contributed by atoms with Crippen LogP contribution in [0.5, 0.6) is 0 Å². The van der Waals surface area contributed by atoms with Crippen LogP contribution in [-0.4, -0.2) is 22.0 Å². The number of carbonyl (C=O) groups excluding carboxylic acids is 1. The standard InChI is InChI=1S/C18H23N3O2/c1-13-6-5-9-15-17(13)20-12-21(18(15)23)11-16(22)19-10-14-7-3-2-4-8-14/h5-6,9,12,14H,2-4,7-8,10-11H2,1H3,(H,19,22). The van der Waals surface area contributed by atoms with Crippen LogP contribution < -0.4 is 10.9 Å². The molecule has 3 rings (SSSR count). The van der Waals surface area contributed by atoms with E-state index in [1.165, 1.54) is 43.0 Å². The number of aromatic nitrogens is 2. The van der Waals surface area contributed by atoms with E-state index in [9.17, 15) is 9.59 Å². The van der Waals surface area contributed by atoms with Gasteiger partial charge in [-0.3, -0.25) is 14.2 Å². The highest BCUT2D eigenvalue weighted by Crippen LogP contribution is 2.22. The number of rotatable bonds is 4. The van der Waals surface area contributed by atoms with Gasteiger partial charge in [0.1, 0.15) is 6.54 Å². The quantitative estimate of drug-likeness (QED) is 0.942. The van der Waals surface area contributed by atoms with E-state index < -0.39 is 0 Å². The van der Waals surface area contributed by atoms with Crippen LogP contribution in [-0.2, 0) is 11.3 Å². The second kappa shape index (κ2) is 6.94. The second-order valence-corrected chi connectivity index (χ2v) is 6.46. The third-order valence-electron chi connectivity index (χ3n) is 4.68. The predicted molar refractivity (Wildman–Crippen MR) is 90.3 cm³/mol. The van der Waals surface area contributed by atoms with Crippen molar-refractivity contribution in [3.8, 4) is 0 Å². The van der Waals surface area contributed by atoms with Crippen molar-refractivity contribution in [2.45, 2.75) is 45.6 Å². The number of carbonyl (C=O) groups is 1. The largest absolute Gasteiger partial charge is 0.354 e. The topological polar surface area (TPSA) is 64.0 Å². The first-order chi connectivity index (χ1) is 11.1. The van der Waals surface area contributed by atoms with Crippen molar-refractivity contribution < 1.29 is 4.79 Å². The van der Waals surface area contributed by atoms with Gasteiger partial charge in [0.2, 0.25) is 5.91 Å².